The number of para-hydroxylation sites is 2. The Kier molecular flexibility index (Phi) is 9.94. The zero-order valence-corrected chi connectivity index (χ0v) is 37.0. The predicted molar refractivity (Wildman–Crippen MR) is 274 cm³/mol. The lowest BCUT2D eigenvalue weighted by Crippen LogP contribution is -2.10. The molecule has 0 aliphatic heterocycles. The second-order valence-corrected chi connectivity index (χ2v) is 17.1. The van der Waals surface area contributed by atoms with E-state index in [1.165, 1.54) is 12.1 Å². The van der Waals surface area contributed by atoms with E-state index in [9.17, 15) is 5.26 Å². The van der Waals surface area contributed by atoms with Crippen LogP contribution < -0.4 is 0 Å². The smallest absolute Gasteiger partial charge is 0.309 e. The maximum Gasteiger partial charge on any atom is 0.415 e. The number of hydrogen-bond donors (Lipinski definition) is 0. The van der Waals surface area contributed by atoms with Gasteiger partial charge in [-0.2, -0.15) is 18.4 Å². The highest BCUT2D eigenvalue weighted by molar-refractivity contribution is 6.12. The molecule has 4 aromatic heterocycles. The molecule has 0 atom stereocenters. The van der Waals surface area contributed by atoms with Crippen molar-refractivity contribution in [2.45, 2.75) is 6.18 Å². The van der Waals surface area contributed by atoms with Crippen LogP contribution >= 0.6 is 0 Å². The number of fused-ring (bicyclic) bond motifs is 6. The molecule has 0 N–H and O–H groups in total. The van der Waals surface area contributed by atoms with Crippen LogP contribution in [0.1, 0.15) is 11.1 Å². The lowest BCUT2D eigenvalue weighted by atomic mass is 9.93. The summed E-state index contributed by atoms with van der Waals surface area (Å²) in [5.41, 5.74) is 9.58. The number of aromatic nitrogens is 4. The van der Waals surface area contributed by atoms with Crippen molar-refractivity contribution in [2.75, 3.05) is 0 Å². The molecule has 9 heteroatoms. The number of alkyl halides is 3. The van der Waals surface area contributed by atoms with Crippen molar-refractivity contribution >= 4 is 49.3 Å². The topological polar surface area (TPSA) is 63.8 Å². The van der Waals surface area contributed by atoms with Gasteiger partial charge in [0.15, 0.2) is 5.69 Å². The fourth-order valence-corrected chi connectivity index (χ4v) is 9.90. The van der Waals surface area contributed by atoms with Gasteiger partial charge in [-0.1, -0.05) is 152 Å². The summed E-state index contributed by atoms with van der Waals surface area (Å²) in [4.78, 5) is 13.3. The summed E-state index contributed by atoms with van der Waals surface area (Å²) in [6, 6.07) is 65.0. The third-order valence-corrected chi connectivity index (χ3v) is 13.1. The molecule has 0 aliphatic rings. The van der Waals surface area contributed by atoms with Gasteiger partial charge in [-0.3, -0.25) is 9.97 Å². The molecule has 6 nitrogen and oxygen atoms in total. The van der Waals surface area contributed by atoms with E-state index in [0.717, 1.165) is 83.4 Å². The molecule has 0 fully saturated rings. The van der Waals surface area contributed by atoms with Crippen LogP contribution in [-0.2, 0) is 6.18 Å². The van der Waals surface area contributed by atoms with Crippen LogP contribution in [0.4, 0.5) is 18.9 Å². The monoisotopic (exact) mass is 908 g/mol. The molecule has 0 saturated heterocycles. The van der Waals surface area contributed by atoms with Gasteiger partial charge in [-0.05, 0) is 65.2 Å². The summed E-state index contributed by atoms with van der Waals surface area (Å²) in [7, 11) is 0. The van der Waals surface area contributed by atoms with Crippen LogP contribution in [0.5, 0.6) is 0 Å². The zero-order chi connectivity index (χ0) is 47.5. The zero-order valence-electron chi connectivity index (χ0n) is 37.0. The Bertz CT molecular complexity index is 4100. The van der Waals surface area contributed by atoms with Gasteiger partial charge in [0.1, 0.15) is 6.07 Å². The fourth-order valence-electron chi connectivity index (χ4n) is 9.90. The molecular weight excluding hydrogens is 874 g/mol. The first-order valence-electron chi connectivity index (χ1n) is 22.5. The second-order valence-electron chi connectivity index (χ2n) is 17.1. The summed E-state index contributed by atoms with van der Waals surface area (Å²) in [5.74, 6) is 0. The average Bonchev–Trinajstić information content (AvgIpc) is 3.92. The first-order valence-corrected chi connectivity index (χ1v) is 22.5. The summed E-state index contributed by atoms with van der Waals surface area (Å²) >= 11 is 0. The Morgan fingerprint density at radius 1 is 0.457 bits per heavy atom. The van der Waals surface area contributed by atoms with Gasteiger partial charge in [0.25, 0.3) is 0 Å². The van der Waals surface area contributed by atoms with Gasteiger partial charge in [0.05, 0.1) is 62.5 Å². The molecule has 0 aliphatic carbocycles. The lowest BCUT2D eigenvalue weighted by molar-refractivity contribution is -0.137. The molecule has 70 heavy (non-hydrogen) atoms. The SMILES string of the molecule is [C-]#[N+]c1cccc(C(F)(F)F)c1-c1cc(-n2c3ccccc3c3ccc(-c4ccc(-c5ccccc5)nc4)cc32)c(C#N)cc1-n1c2ccccc2c2ccc(-c3ccc(-c4ccccc4)nc3)cc21. The van der Waals surface area contributed by atoms with Crippen LogP contribution in [0.15, 0.2) is 213 Å². The Morgan fingerprint density at radius 2 is 0.943 bits per heavy atom. The van der Waals surface area contributed by atoms with Crippen LogP contribution in [0.2, 0.25) is 0 Å². The van der Waals surface area contributed by atoms with Gasteiger partial charge in [0.2, 0.25) is 0 Å². The Labute approximate surface area is 399 Å². The molecule has 0 radical (unpaired) electrons. The minimum atomic E-state index is -4.83. The van der Waals surface area contributed by atoms with E-state index in [1.54, 1.807) is 12.1 Å². The highest BCUT2D eigenvalue weighted by Crippen LogP contribution is 2.48. The van der Waals surface area contributed by atoms with Crippen LogP contribution in [0, 0.1) is 17.9 Å². The molecule has 4 heterocycles. The number of rotatable bonds is 7. The Morgan fingerprint density at radius 3 is 1.43 bits per heavy atom. The van der Waals surface area contributed by atoms with E-state index in [0.29, 0.717) is 22.4 Å². The quantitative estimate of drug-likeness (QED) is 0.150. The molecular formula is C61H35F3N6. The number of nitriles is 1. The maximum atomic E-state index is 15.5. The number of benzene rings is 8. The lowest BCUT2D eigenvalue weighted by Gasteiger charge is -2.22. The third-order valence-electron chi connectivity index (χ3n) is 13.1. The van der Waals surface area contributed by atoms with Gasteiger partial charge >= 0.3 is 6.18 Å². The molecule has 0 bridgehead atoms. The van der Waals surface area contributed by atoms with Crippen molar-refractivity contribution in [1.29, 1.82) is 5.26 Å². The summed E-state index contributed by atoms with van der Waals surface area (Å²) in [5, 5.41) is 14.8. The number of pyridine rings is 2. The van der Waals surface area contributed by atoms with Crippen molar-refractivity contribution in [2.24, 2.45) is 0 Å². The molecule has 0 spiro atoms. The van der Waals surface area contributed by atoms with Crippen molar-refractivity contribution in [1.82, 2.24) is 19.1 Å². The first kappa shape index (κ1) is 41.8. The maximum absolute atomic E-state index is 15.5. The van der Waals surface area contributed by atoms with E-state index in [4.69, 9.17) is 16.5 Å². The minimum Gasteiger partial charge on any atom is -0.309 e. The van der Waals surface area contributed by atoms with Crippen LogP contribution in [0.3, 0.4) is 0 Å². The van der Waals surface area contributed by atoms with E-state index in [1.807, 2.05) is 191 Å². The molecule has 330 valence electrons. The van der Waals surface area contributed by atoms with Crippen molar-refractivity contribution in [3.63, 3.8) is 0 Å². The van der Waals surface area contributed by atoms with E-state index < -0.39 is 11.7 Å². The molecule has 12 rings (SSSR count). The highest BCUT2D eigenvalue weighted by atomic mass is 19.4. The number of hydrogen-bond acceptors (Lipinski definition) is 3. The summed E-state index contributed by atoms with van der Waals surface area (Å²) in [6.45, 7) is 8.27. The normalized spacial score (nSPS) is 11.6. The van der Waals surface area contributed by atoms with Crippen LogP contribution in [0.25, 0.3) is 116 Å². The largest absolute Gasteiger partial charge is 0.415 e. The Balaban J connectivity index is 1.13. The van der Waals surface area contributed by atoms with E-state index in [-0.39, 0.29) is 22.4 Å². The summed E-state index contributed by atoms with van der Waals surface area (Å²) in [6.07, 6.45) is -1.18. The number of nitrogens with zero attached hydrogens (tertiary/aromatic N) is 6. The fraction of sp³-hybridized carbons (Fsp3) is 0.0164. The van der Waals surface area contributed by atoms with E-state index >= 15 is 13.2 Å². The van der Waals surface area contributed by atoms with Crippen molar-refractivity contribution in [3.05, 3.63) is 235 Å². The first-order chi connectivity index (χ1) is 34.3. The van der Waals surface area contributed by atoms with Crippen LogP contribution in [-0.4, -0.2) is 19.1 Å². The molecule has 8 aromatic carbocycles. The second kappa shape index (κ2) is 16.6. The van der Waals surface area contributed by atoms with Gasteiger partial charge in [0, 0.05) is 61.8 Å². The molecule has 0 unspecified atom stereocenters. The number of halogens is 3. The molecule has 12 aromatic rings. The van der Waals surface area contributed by atoms with E-state index in [2.05, 4.69) is 10.9 Å². The van der Waals surface area contributed by atoms with Gasteiger partial charge in [-0.25, -0.2) is 4.85 Å². The highest BCUT2D eigenvalue weighted by Gasteiger charge is 2.36. The van der Waals surface area contributed by atoms with Crippen molar-refractivity contribution in [3.8, 4) is 73.3 Å². The molecule has 0 saturated carbocycles. The van der Waals surface area contributed by atoms with Crippen molar-refractivity contribution < 1.29 is 13.2 Å². The van der Waals surface area contributed by atoms with Gasteiger partial charge in [-0.15, -0.1) is 0 Å². The minimum absolute atomic E-state index is 0.137. The standard InChI is InChI=1S/C61H35F3N6/c1-66-53-20-12-19-50(61(62,63)64)60(53)49-34-56(69-54-21-10-8-17-45(54)47-27-23-40(31-57(47)69)42-25-29-51(67-36-42)38-13-4-2-5-14-38)44(35-65)33-59(49)70-55-22-11-9-18-46(55)48-28-24-41(32-58(48)70)43-26-30-52(68-37-43)39-15-6-3-7-16-39/h2-34,36-37H. The Hall–Kier alpha value is -9.57. The predicted octanol–water partition coefficient (Wildman–Crippen LogP) is 16.4. The van der Waals surface area contributed by atoms with Gasteiger partial charge < -0.3 is 9.13 Å². The molecule has 0 amide bonds. The third kappa shape index (κ3) is 6.96. The average molecular weight is 909 g/mol. The summed E-state index contributed by atoms with van der Waals surface area (Å²) < 4.78 is 50.4.